The third-order valence-corrected chi connectivity index (χ3v) is 3.38. The fraction of sp³-hybridized carbons (Fsp3) is 0.467. The number of rotatable bonds is 7. The third-order valence-electron chi connectivity index (χ3n) is 3.38. The first-order valence-corrected chi connectivity index (χ1v) is 7.24. The van der Waals surface area contributed by atoms with Crippen LogP contribution in [0.5, 0.6) is 0 Å². The topological polar surface area (TPSA) is 72.7 Å². The van der Waals surface area contributed by atoms with E-state index in [-0.39, 0.29) is 11.9 Å². The summed E-state index contributed by atoms with van der Waals surface area (Å²) in [7, 11) is 0. The van der Waals surface area contributed by atoms with Crippen LogP contribution in [-0.2, 0) is 11.3 Å². The van der Waals surface area contributed by atoms with Crippen LogP contribution in [0, 0.1) is 6.92 Å². The molecular weight excluding hydrogens is 266 g/mol. The summed E-state index contributed by atoms with van der Waals surface area (Å²) >= 11 is 0. The third kappa shape index (κ3) is 4.37. The maximum absolute atomic E-state index is 12.0. The van der Waals surface area contributed by atoms with Gasteiger partial charge in [-0.15, -0.1) is 0 Å². The van der Waals surface area contributed by atoms with Gasteiger partial charge in [0.05, 0.1) is 11.7 Å². The molecule has 21 heavy (non-hydrogen) atoms. The molecular formula is C15H21N5O. The molecule has 1 atom stereocenters. The van der Waals surface area contributed by atoms with Gasteiger partial charge in [-0.05, 0) is 31.4 Å². The van der Waals surface area contributed by atoms with Crippen molar-refractivity contribution in [3.63, 3.8) is 0 Å². The van der Waals surface area contributed by atoms with Crippen LogP contribution in [0.4, 0.5) is 0 Å². The molecule has 1 amide bonds. The number of hydrogen-bond acceptors (Lipinski definition) is 4. The first-order chi connectivity index (χ1) is 10.2. The molecule has 2 aromatic heterocycles. The number of nitrogens with one attached hydrogen (secondary N) is 1. The molecule has 0 aliphatic carbocycles. The molecule has 0 saturated carbocycles. The maximum atomic E-state index is 12.0. The maximum Gasteiger partial charge on any atom is 0.220 e. The summed E-state index contributed by atoms with van der Waals surface area (Å²) in [5.41, 5.74) is 2.05. The monoisotopic (exact) mass is 287 g/mol. The molecule has 0 radical (unpaired) electrons. The van der Waals surface area contributed by atoms with E-state index in [1.807, 2.05) is 19.1 Å². The van der Waals surface area contributed by atoms with Gasteiger partial charge in [-0.1, -0.05) is 13.0 Å². The summed E-state index contributed by atoms with van der Waals surface area (Å²) in [5.74, 6) is 0.0482. The van der Waals surface area contributed by atoms with Gasteiger partial charge >= 0.3 is 0 Å². The largest absolute Gasteiger partial charge is 0.348 e. The Balaban J connectivity index is 1.84. The zero-order chi connectivity index (χ0) is 15.1. The standard InChI is InChI=1S/C15H21N5O/c1-3-13(15-12(2)6-4-8-17-15)19-14(21)7-5-9-20-11-16-10-18-20/h4,6,8,10-11,13H,3,5,7,9H2,1-2H3,(H,19,21)/t13-/m1/s1. The van der Waals surface area contributed by atoms with E-state index in [1.165, 1.54) is 6.33 Å². The van der Waals surface area contributed by atoms with E-state index in [0.29, 0.717) is 13.0 Å². The van der Waals surface area contributed by atoms with E-state index >= 15 is 0 Å². The SMILES string of the molecule is CC[C@@H](NC(=O)CCCn1cncn1)c1ncccc1C. The van der Waals surface area contributed by atoms with Crippen LogP contribution in [0.2, 0.25) is 0 Å². The molecule has 0 bridgehead atoms. The quantitative estimate of drug-likeness (QED) is 0.845. The zero-order valence-corrected chi connectivity index (χ0v) is 12.5. The molecule has 0 saturated heterocycles. The highest BCUT2D eigenvalue weighted by Crippen LogP contribution is 2.17. The highest BCUT2D eigenvalue weighted by molar-refractivity contribution is 5.76. The summed E-state index contributed by atoms with van der Waals surface area (Å²) in [5, 5.41) is 7.07. The molecule has 2 aromatic rings. The second-order valence-electron chi connectivity index (χ2n) is 5.00. The van der Waals surface area contributed by atoms with E-state index in [1.54, 1.807) is 17.2 Å². The van der Waals surface area contributed by atoms with Crippen molar-refractivity contribution in [3.8, 4) is 0 Å². The molecule has 0 unspecified atom stereocenters. The number of aromatic nitrogens is 4. The lowest BCUT2D eigenvalue weighted by Crippen LogP contribution is -2.29. The zero-order valence-electron chi connectivity index (χ0n) is 12.5. The molecule has 6 nitrogen and oxygen atoms in total. The molecule has 1 N–H and O–H groups in total. The van der Waals surface area contributed by atoms with E-state index in [9.17, 15) is 4.79 Å². The Hall–Kier alpha value is -2.24. The van der Waals surface area contributed by atoms with Crippen molar-refractivity contribution >= 4 is 5.91 Å². The minimum atomic E-state index is -0.0231. The van der Waals surface area contributed by atoms with E-state index in [2.05, 4.69) is 27.3 Å². The normalized spacial score (nSPS) is 12.1. The Bertz CT molecular complexity index is 567. The molecule has 0 aromatic carbocycles. The average Bonchev–Trinajstić information content (AvgIpc) is 2.99. The summed E-state index contributed by atoms with van der Waals surface area (Å²) in [6.45, 7) is 4.77. The van der Waals surface area contributed by atoms with Crippen molar-refractivity contribution in [3.05, 3.63) is 42.2 Å². The highest BCUT2D eigenvalue weighted by Gasteiger charge is 2.15. The Morgan fingerprint density at radius 2 is 2.33 bits per heavy atom. The molecule has 0 aliphatic heterocycles. The average molecular weight is 287 g/mol. The Morgan fingerprint density at radius 3 is 3.00 bits per heavy atom. The van der Waals surface area contributed by atoms with Crippen molar-refractivity contribution in [1.29, 1.82) is 0 Å². The lowest BCUT2D eigenvalue weighted by Gasteiger charge is -2.18. The Labute approximate surface area is 124 Å². The number of nitrogens with zero attached hydrogens (tertiary/aromatic N) is 4. The van der Waals surface area contributed by atoms with Crippen LogP contribution in [0.15, 0.2) is 31.0 Å². The predicted octanol–water partition coefficient (Wildman–Crippen LogP) is 2.03. The van der Waals surface area contributed by atoms with E-state index in [0.717, 1.165) is 24.1 Å². The molecule has 0 spiro atoms. The van der Waals surface area contributed by atoms with Crippen LogP contribution in [-0.4, -0.2) is 25.7 Å². The number of hydrogen-bond donors (Lipinski definition) is 1. The van der Waals surface area contributed by atoms with E-state index < -0.39 is 0 Å². The van der Waals surface area contributed by atoms with Crippen LogP contribution < -0.4 is 5.32 Å². The number of carbonyl (C=O) groups excluding carboxylic acids is 1. The fourth-order valence-corrected chi connectivity index (χ4v) is 2.24. The molecule has 6 heteroatoms. The van der Waals surface area contributed by atoms with Gasteiger partial charge in [0.15, 0.2) is 0 Å². The fourth-order valence-electron chi connectivity index (χ4n) is 2.24. The lowest BCUT2D eigenvalue weighted by molar-refractivity contribution is -0.122. The van der Waals surface area contributed by atoms with Crippen molar-refractivity contribution in [2.45, 2.75) is 45.7 Å². The van der Waals surface area contributed by atoms with E-state index in [4.69, 9.17) is 0 Å². The molecule has 0 fully saturated rings. The predicted molar refractivity (Wildman–Crippen MR) is 79.4 cm³/mol. The summed E-state index contributed by atoms with van der Waals surface area (Å²) in [6, 6.07) is 3.90. The lowest BCUT2D eigenvalue weighted by atomic mass is 10.1. The number of carbonyl (C=O) groups is 1. The van der Waals surface area contributed by atoms with Gasteiger partial charge in [0, 0.05) is 19.2 Å². The number of amides is 1. The second-order valence-corrected chi connectivity index (χ2v) is 5.00. The van der Waals surface area contributed by atoms with Crippen LogP contribution in [0.1, 0.15) is 43.5 Å². The highest BCUT2D eigenvalue weighted by atomic mass is 16.1. The van der Waals surface area contributed by atoms with Gasteiger partial charge in [-0.3, -0.25) is 14.5 Å². The van der Waals surface area contributed by atoms with Crippen molar-refractivity contribution in [2.24, 2.45) is 0 Å². The molecule has 2 rings (SSSR count). The molecule has 0 aliphatic rings. The minimum absolute atomic E-state index is 0.0231. The number of pyridine rings is 1. The van der Waals surface area contributed by atoms with Gasteiger partial charge in [0.2, 0.25) is 5.91 Å². The van der Waals surface area contributed by atoms with Crippen molar-refractivity contribution < 1.29 is 4.79 Å². The van der Waals surface area contributed by atoms with Crippen LogP contribution in [0.25, 0.3) is 0 Å². The smallest absolute Gasteiger partial charge is 0.220 e. The summed E-state index contributed by atoms with van der Waals surface area (Å²) < 4.78 is 1.73. The van der Waals surface area contributed by atoms with Gasteiger partial charge in [0.1, 0.15) is 12.7 Å². The van der Waals surface area contributed by atoms with Gasteiger partial charge < -0.3 is 5.32 Å². The first kappa shape index (κ1) is 15.2. The minimum Gasteiger partial charge on any atom is -0.348 e. The molecule has 112 valence electrons. The summed E-state index contributed by atoms with van der Waals surface area (Å²) in [4.78, 5) is 20.3. The Morgan fingerprint density at radius 1 is 1.48 bits per heavy atom. The first-order valence-electron chi connectivity index (χ1n) is 7.24. The van der Waals surface area contributed by atoms with Gasteiger partial charge in [-0.25, -0.2) is 4.98 Å². The van der Waals surface area contributed by atoms with Gasteiger partial charge in [0.25, 0.3) is 0 Å². The van der Waals surface area contributed by atoms with Crippen molar-refractivity contribution in [2.75, 3.05) is 0 Å². The molecule has 2 heterocycles. The van der Waals surface area contributed by atoms with Crippen molar-refractivity contribution in [1.82, 2.24) is 25.1 Å². The van der Waals surface area contributed by atoms with Gasteiger partial charge in [-0.2, -0.15) is 5.10 Å². The van der Waals surface area contributed by atoms with Crippen LogP contribution >= 0.6 is 0 Å². The number of aryl methyl sites for hydroxylation is 2. The Kier molecular flexibility index (Phi) is 5.43. The summed E-state index contributed by atoms with van der Waals surface area (Å²) in [6.07, 6.45) is 6.96. The second kappa shape index (κ2) is 7.52. The van der Waals surface area contributed by atoms with Crippen LogP contribution in [0.3, 0.4) is 0 Å².